The Morgan fingerprint density at radius 2 is 2.10 bits per heavy atom. The summed E-state index contributed by atoms with van der Waals surface area (Å²) >= 11 is 0. The van der Waals surface area contributed by atoms with Crippen LogP contribution in [0.25, 0.3) is 11.0 Å². The van der Waals surface area contributed by atoms with E-state index in [1.807, 2.05) is 0 Å². The highest BCUT2D eigenvalue weighted by atomic mass is 19.1. The smallest absolute Gasteiger partial charge is 0.254 e. The molecule has 8 heteroatoms. The maximum Gasteiger partial charge on any atom is 0.254 e. The fraction of sp³-hybridized carbons (Fsp3) is 0.333. The van der Waals surface area contributed by atoms with E-state index < -0.39 is 24.0 Å². The van der Waals surface area contributed by atoms with E-state index in [0.717, 1.165) is 0 Å². The number of carbonyl (C=O) groups is 2. The first-order valence-electron chi connectivity index (χ1n) is 6.11. The maximum atomic E-state index is 13.4. The first-order chi connectivity index (χ1) is 9.56. The first-order valence-corrected chi connectivity index (χ1v) is 6.11. The third-order valence-electron chi connectivity index (χ3n) is 3.40. The predicted octanol–water partition coefficient (Wildman–Crippen LogP) is -0.00420. The number of benzene rings is 1. The van der Waals surface area contributed by atoms with Gasteiger partial charge in [-0.3, -0.25) is 9.59 Å². The Bertz CT molecular complexity index is 685. The number of fused-ring (bicyclic) bond motifs is 1. The Kier molecular flexibility index (Phi) is 2.85. The summed E-state index contributed by atoms with van der Waals surface area (Å²) in [6.45, 7) is -0.122. The number of nitrogens with zero attached hydrogens (tertiary/aromatic N) is 3. The minimum atomic E-state index is -1.23. The summed E-state index contributed by atoms with van der Waals surface area (Å²) in [5.41, 5.74) is 6.69. The Morgan fingerprint density at radius 1 is 1.35 bits per heavy atom. The molecular formula is C12H12FN5O2. The Morgan fingerprint density at radius 3 is 2.85 bits per heavy atom. The van der Waals surface area contributed by atoms with Crippen LogP contribution in [0.5, 0.6) is 0 Å². The zero-order valence-corrected chi connectivity index (χ0v) is 10.4. The van der Waals surface area contributed by atoms with E-state index in [1.165, 1.54) is 4.90 Å². The highest BCUT2D eigenvalue weighted by molar-refractivity contribution is 5.99. The number of hydrogen-bond donors (Lipinski definition) is 2. The summed E-state index contributed by atoms with van der Waals surface area (Å²) in [7, 11) is 0. The van der Waals surface area contributed by atoms with Crippen molar-refractivity contribution in [2.24, 2.45) is 5.73 Å². The Balaban J connectivity index is 1.92. The van der Waals surface area contributed by atoms with E-state index in [-0.39, 0.29) is 13.0 Å². The molecule has 2 atom stereocenters. The molecule has 2 heterocycles. The lowest BCUT2D eigenvalue weighted by Gasteiger charge is -2.21. The number of primary amides is 1. The van der Waals surface area contributed by atoms with Gasteiger partial charge in [0.1, 0.15) is 23.2 Å². The molecule has 7 nitrogen and oxygen atoms in total. The van der Waals surface area contributed by atoms with Gasteiger partial charge in [-0.15, -0.1) is 0 Å². The zero-order valence-electron chi connectivity index (χ0n) is 10.4. The second-order valence-electron chi connectivity index (χ2n) is 4.74. The molecule has 1 aliphatic heterocycles. The molecule has 104 valence electrons. The van der Waals surface area contributed by atoms with Gasteiger partial charge in [0.15, 0.2) is 0 Å². The maximum absolute atomic E-state index is 13.4. The van der Waals surface area contributed by atoms with Gasteiger partial charge in [0.05, 0.1) is 6.54 Å². The van der Waals surface area contributed by atoms with Crippen LogP contribution < -0.4 is 5.73 Å². The van der Waals surface area contributed by atoms with Crippen molar-refractivity contribution in [2.75, 3.05) is 6.54 Å². The number of amides is 2. The lowest BCUT2D eigenvalue weighted by atomic mass is 10.1. The highest BCUT2D eigenvalue weighted by Crippen LogP contribution is 2.23. The van der Waals surface area contributed by atoms with Crippen LogP contribution >= 0.6 is 0 Å². The van der Waals surface area contributed by atoms with Crippen molar-refractivity contribution in [3.05, 3.63) is 23.8 Å². The van der Waals surface area contributed by atoms with Crippen LogP contribution in [0.2, 0.25) is 0 Å². The Hall–Kier alpha value is -2.51. The van der Waals surface area contributed by atoms with E-state index in [0.29, 0.717) is 16.6 Å². The number of nitrogens with one attached hydrogen (secondary N) is 1. The van der Waals surface area contributed by atoms with Crippen molar-refractivity contribution in [2.45, 2.75) is 18.6 Å². The average molecular weight is 277 g/mol. The van der Waals surface area contributed by atoms with E-state index >= 15 is 0 Å². The molecule has 2 aromatic rings. The van der Waals surface area contributed by atoms with Crippen LogP contribution in [0.1, 0.15) is 16.8 Å². The van der Waals surface area contributed by atoms with Gasteiger partial charge in [-0.1, -0.05) is 0 Å². The molecule has 1 aromatic heterocycles. The van der Waals surface area contributed by atoms with Gasteiger partial charge in [-0.2, -0.15) is 15.4 Å². The largest absolute Gasteiger partial charge is 0.368 e. The molecule has 0 spiro atoms. The van der Waals surface area contributed by atoms with E-state index in [4.69, 9.17) is 5.73 Å². The number of hydrogen-bond acceptors (Lipinski definition) is 4. The minimum Gasteiger partial charge on any atom is -0.368 e. The molecule has 3 N–H and O–H groups in total. The van der Waals surface area contributed by atoms with Crippen molar-refractivity contribution >= 4 is 22.8 Å². The van der Waals surface area contributed by atoms with E-state index in [2.05, 4.69) is 15.4 Å². The zero-order chi connectivity index (χ0) is 14.3. The molecule has 0 radical (unpaired) electrons. The van der Waals surface area contributed by atoms with Crippen LogP contribution in [-0.4, -0.2) is 50.9 Å². The molecule has 1 aliphatic rings. The number of H-pyrrole nitrogens is 1. The van der Waals surface area contributed by atoms with Crippen LogP contribution in [0.3, 0.4) is 0 Å². The Labute approximate surface area is 112 Å². The topological polar surface area (TPSA) is 105 Å². The van der Waals surface area contributed by atoms with Crippen molar-refractivity contribution in [3.8, 4) is 0 Å². The summed E-state index contributed by atoms with van der Waals surface area (Å²) < 4.78 is 13.4. The SMILES string of the molecule is NC(=O)[C@@H]1C[C@@H](F)CN1C(=O)c1ccc2n[nH]nc2c1. The number of carbonyl (C=O) groups excluding carboxylic acids is 2. The van der Waals surface area contributed by atoms with Crippen LogP contribution in [0.15, 0.2) is 18.2 Å². The quantitative estimate of drug-likeness (QED) is 0.805. The number of alkyl halides is 1. The lowest BCUT2D eigenvalue weighted by molar-refractivity contribution is -0.121. The normalized spacial score (nSPS) is 22.4. The summed E-state index contributed by atoms with van der Waals surface area (Å²) in [6, 6.07) is 3.85. The second kappa shape index (κ2) is 4.55. The van der Waals surface area contributed by atoms with Crippen molar-refractivity contribution in [3.63, 3.8) is 0 Å². The average Bonchev–Trinajstić information content (AvgIpc) is 3.02. The van der Waals surface area contributed by atoms with Gasteiger partial charge in [-0.05, 0) is 18.2 Å². The molecule has 1 fully saturated rings. The standard InChI is InChI=1S/C12H12FN5O2/c13-7-4-10(11(14)19)18(5-7)12(20)6-1-2-8-9(3-6)16-17-15-8/h1-3,7,10H,4-5H2,(H2,14,19)(H,15,16,17)/t7-,10+/m1/s1. The van der Waals surface area contributed by atoms with E-state index in [9.17, 15) is 14.0 Å². The molecule has 0 bridgehead atoms. The van der Waals surface area contributed by atoms with Crippen LogP contribution in [0, 0.1) is 0 Å². The summed E-state index contributed by atoms with van der Waals surface area (Å²) in [5, 5.41) is 10.2. The minimum absolute atomic E-state index is 0.0483. The third kappa shape index (κ3) is 1.98. The number of nitrogens with two attached hydrogens (primary N) is 1. The van der Waals surface area contributed by atoms with Gasteiger partial charge in [0.25, 0.3) is 5.91 Å². The third-order valence-corrected chi connectivity index (χ3v) is 3.40. The predicted molar refractivity (Wildman–Crippen MR) is 67.4 cm³/mol. The molecule has 20 heavy (non-hydrogen) atoms. The number of rotatable bonds is 2. The van der Waals surface area contributed by atoms with Crippen molar-refractivity contribution in [1.82, 2.24) is 20.3 Å². The van der Waals surface area contributed by atoms with Gasteiger partial charge >= 0.3 is 0 Å². The first kappa shape index (κ1) is 12.5. The molecular weight excluding hydrogens is 265 g/mol. The van der Waals surface area contributed by atoms with Gasteiger partial charge < -0.3 is 10.6 Å². The molecule has 2 amide bonds. The molecule has 0 saturated carbocycles. The van der Waals surface area contributed by atoms with Crippen LogP contribution in [-0.2, 0) is 4.79 Å². The fourth-order valence-corrected chi connectivity index (χ4v) is 2.42. The molecule has 1 saturated heterocycles. The van der Waals surface area contributed by atoms with Crippen LogP contribution in [0.4, 0.5) is 4.39 Å². The number of likely N-dealkylation sites (tertiary alicyclic amines) is 1. The monoisotopic (exact) mass is 277 g/mol. The summed E-state index contributed by atoms with van der Waals surface area (Å²) in [4.78, 5) is 24.8. The molecule has 1 aromatic carbocycles. The molecule has 0 aliphatic carbocycles. The second-order valence-corrected chi connectivity index (χ2v) is 4.74. The van der Waals surface area contributed by atoms with Gasteiger partial charge in [0.2, 0.25) is 5.91 Å². The number of halogens is 1. The highest BCUT2D eigenvalue weighted by Gasteiger charge is 2.39. The van der Waals surface area contributed by atoms with Crippen molar-refractivity contribution < 1.29 is 14.0 Å². The molecule has 3 rings (SSSR count). The summed E-state index contributed by atoms with van der Waals surface area (Å²) in [5.74, 6) is -1.13. The van der Waals surface area contributed by atoms with Gasteiger partial charge in [0, 0.05) is 12.0 Å². The number of aromatic amines is 1. The van der Waals surface area contributed by atoms with Crippen molar-refractivity contribution in [1.29, 1.82) is 0 Å². The lowest BCUT2D eigenvalue weighted by Crippen LogP contribution is -2.43. The molecule has 0 unspecified atom stereocenters. The van der Waals surface area contributed by atoms with Gasteiger partial charge in [-0.25, -0.2) is 4.39 Å². The summed E-state index contributed by atoms with van der Waals surface area (Å²) in [6.07, 6.45) is -1.28. The number of aromatic nitrogens is 3. The van der Waals surface area contributed by atoms with E-state index in [1.54, 1.807) is 18.2 Å². The fourth-order valence-electron chi connectivity index (χ4n) is 2.42.